The number of hydrogen-bond donors (Lipinski definition) is 1. The van der Waals surface area contributed by atoms with Gasteiger partial charge in [-0.25, -0.2) is 0 Å². The number of nitrogens with zero attached hydrogens (tertiary/aromatic N) is 2. The molecule has 1 N–H and O–H groups in total. The summed E-state index contributed by atoms with van der Waals surface area (Å²) < 4.78 is 29.5. The number of carbonyl (C=O) groups is 1. The van der Waals surface area contributed by atoms with Crippen LogP contribution in [0.1, 0.15) is 54.6 Å². The maximum absolute atomic E-state index is 12.8. The molecule has 1 atom stereocenters. The number of anilines is 1. The maximum Gasteiger partial charge on any atom is 0.286 e. The molecule has 1 unspecified atom stereocenters. The zero-order chi connectivity index (χ0) is 21.5. The summed E-state index contributed by atoms with van der Waals surface area (Å²) in [6.45, 7) is 2.54. The maximum atomic E-state index is 12.8. The van der Waals surface area contributed by atoms with Gasteiger partial charge in [-0.15, -0.1) is 4.40 Å². The fraction of sp³-hybridized carbons (Fsp3) is 0.333. The molecule has 30 heavy (non-hydrogen) atoms. The van der Waals surface area contributed by atoms with Crippen molar-refractivity contribution in [3.05, 3.63) is 57.6 Å². The van der Waals surface area contributed by atoms with Crippen molar-refractivity contribution in [2.45, 2.75) is 43.5 Å². The Hall–Kier alpha value is -2.09. The molecule has 0 radical (unpaired) electrons. The van der Waals surface area contributed by atoms with Crippen LogP contribution in [-0.2, 0) is 10.0 Å². The Kier molecular flexibility index (Phi) is 5.79. The van der Waals surface area contributed by atoms with Gasteiger partial charge in [-0.05, 0) is 55.7 Å². The van der Waals surface area contributed by atoms with Gasteiger partial charge in [0.15, 0.2) is 0 Å². The Bertz CT molecular complexity index is 1150. The van der Waals surface area contributed by atoms with Gasteiger partial charge >= 0.3 is 0 Å². The second-order valence-electron chi connectivity index (χ2n) is 7.50. The van der Waals surface area contributed by atoms with Crippen molar-refractivity contribution in [1.82, 2.24) is 5.32 Å². The predicted octanol–water partition coefficient (Wildman–Crippen LogP) is 4.97. The standard InChI is InChI=1S/C21H21Cl2N3O3S/c1-13(14-6-8-16(22)17(23)11-14)24-21(27)15-7-9-18-19(12-15)30(28,29)25-20-5-3-2-4-10-26(18)20/h6-9,11-13H,2-5,10H2,1H3,(H,24,27). The van der Waals surface area contributed by atoms with Crippen LogP contribution < -0.4 is 10.2 Å². The summed E-state index contributed by atoms with van der Waals surface area (Å²) in [5, 5.41) is 3.72. The molecule has 2 heterocycles. The third kappa shape index (κ3) is 4.06. The van der Waals surface area contributed by atoms with E-state index in [1.54, 1.807) is 30.3 Å². The van der Waals surface area contributed by atoms with Gasteiger partial charge in [0.2, 0.25) is 0 Å². The number of carbonyl (C=O) groups excluding carboxylic acids is 1. The van der Waals surface area contributed by atoms with Gasteiger partial charge in [0.05, 0.1) is 21.8 Å². The highest BCUT2D eigenvalue weighted by atomic mass is 35.5. The van der Waals surface area contributed by atoms with E-state index in [1.807, 2.05) is 11.8 Å². The molecule has 0 aliphatic carbocycles. The smallest absolute Gasteiger partial charge is 0.286 e. The third-order valence-electron chi connectivity index (χ3n) is 5.40. The van der Waals surface area contributed by atoms with Crippen molar-refractivity contribution >= 4 is 50.7 Å². The van der Waals surface area contributed by atoms with Crippen LogP contribution in [0.3, 0.4) is 0 Å². The van der Waals surface area contributed by atoms with Gasteiger partial charge in [0.25, 0.3) is 15.9 Å². The largest absolute Gasteiger partial charge is 0.346 e. The number of fused-ring (bicyclic) bond motifs is 3. The topological polar surface area (TPSA) is 78.8 Å². The van der Waals surface area contributed by atoms with Crippen LogP contribution in [-0.4, -0.2) is 26.7 Å². The van der Waals surface area contributed by atoms with E-state index in [9.17, 15) is 13.2 Å². The molecule has 9 heteroatoms. The highest BCUT2D eigenvalue weighted by molar-refractivity contribution is 7.90. The fourth-order valence-corrected chi connectivity index (χ4v) is 5.36. The van der Waals surface area contributed by atoms with Crippen molar-refractivity contribution in [3.8, 4) is 0 Å². The minimum atomic E-state index is -3.84. The van der Waals surface area contributed by atoms with Crippen LogP contribution in [0.2, 0.25) is 10.0 Å². The molecule has 0 spiro atoms. The summed E-state index contributed by atoms with van der Waals surface area (Å²) in [6.07, 6.45) is 3.58. The van der Waals surface area contributed by atoms with E-state index < -0.39 is 10.0 Å². The van der Waals surface area contributed by atoms with Crippen molar-refractivity contribution in [3.63, 3.8) is 0 Å². The summed E-state index contributed by atoms with van der Waals surface area (Å²) in [6, 6.07) is 9.57. The molecule has 2 aliphatic rings. The van der Waals surface area contributed by atoms with Crippen molar-refractivity contribution in [2.24, 2.45) is 4.40 Å². The molecule has 6 nitrogen and oxygen atoms in total. The highest BCUT2D eigenvalue weighted by Crippen LogP contribution is 2.35. The quantitative estimate of drug-likeness (QED) is 0.693. The number of hydrogen-bond acceptors (Lipinski definition) is 4. The number of amides is 1. The first-order valence-electron chi connectivity index (χ1n) is 9.77. The van der Waals surface area contributed by atoms with Crippen molar-refractivity contribution in [2.75, 3.05) is 11.4 Å². The lowest BCUT2D eigenvalue weighted by Gasteiger charge is -2.29. The average molecular weight is 466 g/mol. The zero-order valence-electron chi connectivity index (χ0n) is 16.4. The van der Waals surface area contributed by atoms with Crippen LogP contribution in [0.4, 0.5) is 5.69 Å². The van der Waals surface area contributed by atoms with Crippen LogP contribution in [0.15, 0.2) is 45.7 Å². The molecule has 2 aromatic carbocycles. The first-order chi connectivity index (χ1) is 14.3. The molecule has 0 bridgehead atoms. The Morgan fingerprint density at radius 1 is 1.10 bits per heavy atom. The average Bonchev–Trinajstić information content (AvgIpc) is 2.94. The Balaban J connectivity index is 1.61. The number of benzene rings is 2. The first kappa shape index (κ1) is 21.2. The van der Waals surface area contributed by atoms with E-state index in [-0.39, 0.29) is 22.4 Å². The number of rotatable bonds is 3. The Labute approximate surface area is 185 Å². The monoisotopic (exact) mass is 465 g/mol. The summed E-state index contributed by atoms with van der Waals surface area (Å²) in [5.74, 6) is 0.211. The van der Waals surface area contributed by atoms with E-state index in [0.29, 0.717) is 28.0 Å². The molecule has 158 valence electrons. The third-order valence-corrected chi connectivity index (χ3v) is 7.47. The molecule has 0 saturated carbocycles. The fourth-order valence-electron chi connectivity index (χ4n) is 3.77. The number of nitrogens with one attached hydrogen (secondary N) is 1. The van der Waals surface area contributed by atoms with Crippen LogP contribution in [0, 0.1) is 0 Å². The van der Waals surface area contributed by atoms with Gasteiger partial charge in [0.1, 0.15) is 10.7 Å². The lowest BCUT2D eigenvalue weighted by molar-refractivity contribution is 0.0939. The van der Waals surface area contributed by atoms with Crippen molar-refractivity contribution in [1.29, 1.82) is 0 Å². The second kappa shape index (κ2) is 8.21. The summed E-state index contributed by atoms with van der Waals surface area (Å²) in [5.41, 5.74) is 1.65. The predicted molar refractivity (Wildman–Crippen MR) is 119 cm³/mol. The molecule has 0 aromatic heterocycles. The second-order valence-corrected chi connectivity index (χ2v) is 9.88. The van der Waals surface area contributed by atoms with Gasteiger partial charge in [-0.3, -0.25) is 4.79 Å². The number of amidine groups is 1. The first-order valence-corrected chi connectivity index (χ1v) is 12.0. The van der Waals surface area contributed by atoms with Crippen molar-refractivity contribution < 1.29 is 13.2 Å². The molecule has 1 amide bonds. The van der Waals surface area contributed by atoms with Crippen LogP contribution in [0.5, 0.6) is 0 Å². The number of sulfonamides is 1. The molecule has 2 aliphatic heterocycles. The van der Waals surface area contributed by atoms with Crippen LogP contribution >= 0.6 is 23.2 Å². The minimum Gasteiger partial charge on any atom is -0.346 e. The van der Waals surface area contributed by atoms with Gasteiger partial charge in [0, 0.05) is 18.5 Å². The van der Waals surface area contributed by atoms with E-state index >= 15 is 0 Å². The van der Waals surface area contributed by atoms with Crippen LogP contribution in [0.25, 0.3) is 0 Å². The normalized spacial score (nSPS) is 18.5. The summed E-state index contributed by atoms with van der Waals surface area (Å²) in [7, 11) is -3.84. The summed E-state index contributed by atoms with van der Waals surface area (Å²) >= 11 is 12.0. The lowest BCUT2D eigenvalue weighted by Crippen LogP contribution is -2.35. The highest BCUT2D eigenvalue weighted by Gasteiger charge is 2.32. The number of halogens is 2. The molecule has 1 saturated heterocycles. The van der Waals surface area contributed by atoms with Gasteiger partial charge in [-0.2, -0.15) is 8.42 Å². The molecular weight excluding hydrogens is 445 g/mol. The SMILES string of the molecule is CC(NC(=O)c1ccc2c(c1)S(=O)(=O)N=C1CCCCCN12)c1ccc(Cl)c(Cl)c1. The van der Waals surface area contributed by atoms with E-state index in [2.05, 4.69) is 9.71 Å². The van der Waals surface area contributed by atoms with E-state index in [0.717, 1.165) is 31.4 Å². The summed E-state index contributed by atoms with van der Waals surface area (Å²) in [4.78, 5) is 14.8. The lowest BCUT2D eigenvalue weighted by atomic mass is 10.1. The van der Waals surface area contributed by atoms with E-state index in [1.165, 1.54) is 6.07 Å². The van der Waals surface area contributed by atoms with Gasteiger partial charge < -0.3 is 10.2 Å². The Morgan fingerprint density at radius 2 is 1.90 bits per heavy atom. The molecule has 2 aromatic rings. The zero-order valence-corrected chi connectivity index (χ0v) is 18.7. The molecule has 1 fully saturated rings. The van der Waals surface area contributed by atoms with E-state index in [4.69, 9.17) is 23.2 Å². The molecular formula is C21H21Cl2N3O3S. The Morgan fingerprint density at radius 3 is 2.67 bits per heavy atom. The minimum absolute atomic E-state index is 0.0722. The molecule has 4 rings (SSSR count). The van der Waals surface area contributed by atoms with Gasteiger partial charge in [-0.1, -0.05) is 35.7 Å².